The van der Waals surface area contributed by atoms with Crippen molar-refractivity contribution in [1.82, 2.24) is 19.7 Å². The standard InChI is InChI=1S/C17H21N5O2S2/c18-14(23)3-4-15-19-20-17(22(15)12-1-2-12)26-10-16(24)21-7-5-13-11(9-21)6-8-25-13/h6,8,12H,1-5,7,9-10H2,(H2,18,23). The lowest BCUT2D eigenvalue weighted by molar-refractivity contribution is -0.129. The molecule has 0 radical (unpaired) electrons. The Labute approximate surface area is 160 Å². The maximum absolute atomic E-state index is 12.6. The largest absolute Gasteiger partial charge is 0.370 e. The lowest BCUT2D eigenvalue weighted by Crippen LogP contribution is -2.36. The van der Waals surface area contributed by atoms with Crippen LogP contribution >= 0.6 is 23.1 Å². The number of amides is 2. The highest BCUT2D eigenvalue weighted by atomic mass is 32.2. The Morgan fingerprint density at radius 1 is 1.35 bits per heavy atom. The number of rotatable bonds is 7. The van der Waals surface area contributed by atoms with Gasteiger partial charge in [0, 0.05) is 36.9 Å². The zero-order valence-corrected chi connectivity index (χ0v) is 16.0. The molecule has 0 unspecified atom stereocenters. The molecule has 7 nitrogen and oxygen atoms in total. The molecule has 2 aliphatic rings. The first-order chi connectivity index (χ1) is 12.6. The number of thiophene rings is 1. The van der Waals surface area contributed by atoms with Gasteiger partial charge in [0.05, 0.1) is 5.75 Å². The van der Waals surface area contributed by atoms with Gasteiger partial charge in [-0.15, -0.1) is 21.5 Å². The normalized spacial score (nSPS) is 16.5. The maximum atomic E-state index is 12.6. The SMILES string of the molecule is NC(=O)CCc1nnc(SCC(=O)N2CCc3sccc3C2)n1C1CC1. The number of carbonyl (C=O) groups is 2. The zero-order valence-electron chi connectivity index (χ0n) is 14.4. The summed E-state index contributed by atoms with van der Waals surface area (Å²) in [4.78, 5) is 27.0. The number of carbonyl (C=O) groups excluding carboxylic acids is 2. The molecule has 2 N–H and O–H groups in total. The Morgan fingerprint density at radius 3 is 2.96 bits per heavy atom. The van der Waals surface area contributed by atoms with Gasteiger partial charge in [-0.3, -0.25) is 9.59 Å². The van der Waals surface area contributed by atoms with Crippen molar-refractivity contribution in [2.24, 2.45) is 5.73 Å². The average Bonchev–Trinajstić information content (AvgIpc) is 3.21. The number of hydrogen-bond donors (Lipinski definition) is 1. The van der Waals surface area contributed by atoms with Gasteiger partial charge < -0.3 is 15.2 Å². The third-order valence-electron chi connectivity index (χ3n) is 4.73. The zero-order chi connectivity index (χ0) is 18.1. The van der Waals surface area contributed by atoms with Crippen LogP contribution in [0.5, 0.6) is 0 Å². The molecule has 1 aliphatic carbocycles. The van der Waals surface area contributed by atoms with Gasteiger partial charge in [0.15, 0.2) is 5.16 Å². The molecule has 4 rings (SSSR count). The van der Waals surface area contributed by atoms with E-state index in [0.29, 0.717) is 24.8 Å². The van der Waals surface area contributed by atoms with Crippen LogP contribution in [0.4, 0.5) is 0 Å². The Bertz CT molecular complexity index is 827. The monoisotopic (exact) mass is 391 g/mol. The molecule has 0 spiro atoms. The molecule has 9 heteroatoms. The minimum Gasteiger partial charge on any atom is -0.370 e. The van der Waals surface area contributed by atoms with Crippen LogP contribution in [0.3, 0.4) is 0 Å². The Morgan fingerprint density at radius 2 is 2.19 bits per heavy atom. The Kier molecular flexibility index (Phi) is 4.99. The molecule has 0 atom stereocenters. The van der Waals surface area contributed by atoms with E-state index >= 15 is 0 Å². The van der Waals surface area contributed by atoms with E-state index in [0.717, 1.165) is 36.8 Å². The van der Waals surface area contributed by atoms with Crippen molar-refractivity contribution in [3.63, 3.8) is 0 Å². The third kappa shape index (κ3) is 3.78. The van der Waals surface area contributed by atoms with E-state index in [1.165, 1.54) is 22.2 Å². The first-order valence-corrected chi connectivity index (χ1v) is 10.7. The summed E-state index contributed by atoms with van der Waals surface area (Å²) in [5.74, 6) is 0.954. The summed E-state index contributed by atoms with van der Waals surface area (Å²) in [6, 6.07) is 2.51. The number of aromatic nitrogens is 3. The summed E-state index contributed by atoms with van der Waals surface area (Å²) in [6.07, 6.45) is 3.90. The molecule has 1 fully saturated rings. The summed E-state index contributed by atoms with van der Waals surface area (Å²) >= 11 is 3.21. The molecule has 2 aromatic rings. The molecule has 0 aromatic carbocycles. The van der Waals surface area contributed by atoms with Gasteiger partial charge in [0.1, 0.15) is 5.82 Å². The van der Waals surface area contributed by atoms with E-state index in [1.54, 1.807) is 11.3 Å². The predicted octanol–water partition coefficient (Wildman–Crippen LogP) is 1.77. The molecule has 0 bridgehead atoms. The summed E-state index contributed by atoms with van der Waals surface area (Å²) in [7, 11) is 0. The first-order valence-electron chi connectivity index (χ1n) is 8.79. The molecule has 138 valence electrons. The van der Waals surface area contributed by atoms with E-state index in [9.17, 15) is 9.59 Å². The summed E-state index contributed by atoms with van der Waals surface area (Å²) in [6.45, 7) is 1.49. The topological polar surface area (TPSA) is 94.1 Å². The van der Waals surface area contributed by atoms with E-state index in [4.69, 9.17) is 5.73 Å². The van der Waals surface area contributed by atoms with Gasteiger partial charge in [-0.2, -0.15) is 0 Å². The third-order valence-corrected chi connectivity index (χ3v) is 6.68. The van der Waals surface area contributed by atoms with Crippen LogP contribution in [0.25, 0.3) is 0 Å². The molecule has 2 aromatic heterocycles. The van der Waals surface area contributed by atoms with Crippen LogP contribution in [0.1, 0.15) is 41.6 Å². The van der Waals surface area contributed by atoms with Crippen molar-refractivity contribution in [1.29, 1.82) is 0 Å². The van der Waals surface area contributed by atoms with Gasteiger partial charge in [-0.25, -0.2) is 0 Å². The highest BCUT2D eigenvalue weighted by Crippen LogP contribution is 2.39. The van der Waals surface area contributed by atoms with E-state index in [-0.39, 0.29) is 18.2 Å². The van der Waals surface area contributed by atoms with Gasteiger partial charge in [0.25, 0.3) is 0 Å². The van der Waals surface area contributed by atoms with Crippen LogP contribution in [0.15, 0.2) is 16.6 Å². The highest BCUT2D eigenvalue weighted by Gasteiger charge is 2.30. The van der Waals surface area contributed by atoms with Crippen molar-refractivity contribution in [2.45, 2.75) is 49.8 Å². The molecule has 1 saturated carbocycles. The number of aryl methyl sites for hydroxylation is 1. The second kappa shape index (κ2) is 7.40. The van der Waals surface area contributed by atoms with Crippen molar-refractivity contribution >= 4 is 34.9 Å². The maximum Gasteiger partial charge on any atom is 0.233 e. The lowest BCUT2D eigenvalue weighted by Gasteiger charge is -2.26. The summed E-state index contributed by atoms with van der Waals surface area (Å²) in [5.41, 5.74) is 6.52. The molecule has 26 heavy (non-hydrogen) atoms. The van der Waals surface area contributed by atoms with Crippen molar-refractivity contribution in [3.05, 3.63) is 27.7 Å². The second-order valence-electron chi connectivity index (χ2n) is 6.69. The molecular formula is C17H21N5O2S2. The highest BCUT2D eigenvalue weighted by molar-refractivity contribution is 7.99. The van der Waals surface area contributed by atoms with Crippen LogP contribution in [0.2, 0.25) is 0 Å². The minimum absolute atomic E-state index is 0.135. The van der Waals surface area contributed by atoms with Crippen molar-refractivity contribution in [3.8, 4) is 0 Å². The van der Waals surface area contributed by atoms with Gasteiger partial charge in [-0.05, 0) is 36.3 Å². The van der Waals surface area contributed by atoms with Crippen LogP contribution in [-0.2, 0) is 29.0 Å². The molecular weight excluding hydrogens is 370 g/mol. The number of thioether (sulfide) groups is 1. The first kappa shape index (κ1) is 17.5. The van der Waals surface area contributed by atoms with E-state index < -0.39 is 0 Å². The van der Waals surface area contributed by atoms with Crippen LogP contribution in [0, 0.1) is 0 Å². The molecule has 2 amide bonds. The van der Waals surface area contributed by atoms with E-state index in [2.05, 4.69) is 26.2 Å². The molecule has 3 heterocycles. The fourth-order valence-corrected chi connectivity index (χ4v) is 5.01. The number of nitrogens with zero attached hydrogens (tertiary/aromatic N) is 4. The van der Waals surface area contributed by atoms with Gasteiger partial charge >= 0.3 is 0 Å². The second-order valence-corrected chi connectivity index (χ2v) is 8.63. The minimum atomic E-state index is -0.336. The number of nitrogens with two attached hydrogens (primary N) is 1. The fraction of sp³-hybridized carbons (Fsp3) is 0.529. The Hall–Kier alpha value is -1.87. The predicted molar refractivity (Wildman–Crippen MR) is 100.0 cm³/mol. The Balaban J connectivity index is 1.38. The smallest absolute Gasteiger partial charge is 0.233 e. The summed E-state index contributed by atoms with van der Waals surface area (Å²) < 4.78 is 2.09. The lowest BCUT2D eigenvalue weighted by atomic mass is 10.1. The molecule has 1 aliphatic heterocycles. The van der Waals surface area contributed by atoms with Gasteiger partial charge in [0.2, 0.25) is 11.8 Å². The quantitative estimate of drug-likeness (QED) is 0.726. The number of fused-ring (bicyclic) bond motifs is 1. The molecule has 0 saturated heterocycles. The average molecular weight is 392 g/mol. The van der Waals surface area contributed by atoms with Crippen LogP contribution in [-0.4, -0.2) is 43.8 Å². The number of hydrogen-bond acceptors (Lipinski definition) is 6. The summed E-state index contributed by atoms with van der Waals surface area (Å²) in [5, 5.41) is 11.3. The van der Waals surface area contributed by atoms with Crippen molar-refractivity contribution < 1.29 is 9.59 Å². The fourth-order valence-electron chi connectivity index (χ4n) is 3.19. The van der Waals surface area contributed by atoms with E-state index in [1.807, 2.05) is 4.90 Å². The van der Waals surface area contributed by atoms with Crippen molar-refractivity contribution in [2.75, 3.05) is 12.3 Å². The van der Waals surface area contributed by atoms with Crippen LogP contribution < -0.4 is 5.73 Å². The van der Waals surface area contributed by atoms with Gasteiger partial charge in [-0.1, -0.05) is 11.8 Å². The number of primary amides is 1.